The average molecular weight is 432 g/mol. The molecule has 1 aromatic carbocycles. The van der Waals surface area contributed by atoms with Gasteiger partial charge in [0.05, 0.1) is 4.90 Å². The van der Waals surface area contributed by atoms with Crippen LogP contribution in [-0.2, 0) is 14.8 Å². The molecule has 2 N–H and O–H groups in total. The van der Waals surface area contributed by atoms with Gasteiger partial charge in [0.25, 0.3) is 0 Å². The molecule has 0 radical (unpaired) electrons. The van der Waals surface area contributed by atoms with Gasteiger partial charge in [-0.3, -0.25) is 4.79 Å². The van der Waals surface area contributed by atoms with E-state index in [2.05, 4.69) is 10.0 Å². The van der Waals surface area contributed by atoms with Gasteiger partial charge >= 0.3 is 0 Å². The van der Waals surface area contributed by atoms with Crippen molar-refractivity contribution in [2.45, 2.75) is 51.0 Å². The molecule has 28 heavy (non-hydrogen) atoms. The molecule has 8 heteroatoms. The molecule has 2 rings (SSSR count). The largest absolute Gasteiger partial charge is 0.341 e. The first-order valence-electron chi connectivity index (χ1n) is 9.75. The number of nitrogens with zero attached hydrogens (tertiary/aromatic N) is 1. The highest BCUT2D eigenvalue weighted by Gasteiger charge is 2.31. The van der Waals surface area contributed by atoms with Crippen molar-refractivity contribution in [3.8, 4) is 0 Å². The van der Waals surface area contributed by atoms with E-state index >= 15 is 0 Å². The number of amides is 1. The standard InChI is InChI=1S/C20H33N3O3S.ClH/c1-15(2)13-19(20(24)23-11-9-17(10-12-23)14-21-4)22-27(25,26)18-7-5-16(3)6-8-18;/h5-8,15,17,19,21-22H,9-14H2,1-4H3;1H. The lowest BCUT2D eigenvalue weighted by Gasteiger charge is -2.34. The van der Waals surface area contributed by atoms with E-state index in [4.69, 9.17) is 0 Å². The number of halogens is 1. The van der Waals surface area contributed by atoms with Gasteiger partial charge in [-0.25, -0.2) is 8.42 Å². The Balaban J connectivity index is 0.00000392. The molecule has 1 atom stereocenters. The maximum atomic E-state index is 13.0. The number of likely N-dealkylation sites (tertiary alicyclic amines) is 1. The van der Waals surface area contributed by atoms with Gasteiger partial charge < -0.3 is 10.2 Å². The molecule has 1 heterocycles. The first-order valence-corrected chi connectivity index (χ1v) is 11.2. The Labute approximate surface area is 175 Å². The van der Waals surface area contributed by atoms with Crippen LogP contribution in [0.15, 0.2) is 29.2 Å². The van der Waals surface area contributed by atoms with Crippen molar-refractivity contribution in [3.63, 3.8) is 0 Å². The third-order valence-electron chi connectivity index (χ3n) is 5.05. The molecular formula is C20H34ClN3O3S. The van der Waals surface area contributed by atoms with Crippen LogP contribution in [0, 0.1) is 18.8 Å². The SMILES string of the molecule is CNCC1CCN(C(=O)C(CC(C)C)NS(=O)(=O)c2ccc(C)cc2)CC1.Cl. The van der Waals surface area contributed by atoms with Gasteiger partial charge in [0, 0.05) is 13.1 Å². The molecule has 1 aliphatic rings. The van der Waals surface area contributed by atoms with Crippen molar-refractivity contribution in [1.82, 2.24) is 14.9 Å². The predicted octanol–water partition coefficient (Wildman–Crippen LogP) is 2.57. The van der Waals surface area contributed by atoms with Gasteiger partial charge in [0.15, 0.2) is 0 Å². The number of rotatable bonds is 8. The van der Waals surface area contributed by atoms with Crippen molar-refractivity contribution in [2.75, 3.05) is 26.7 Å². The van der Waals surface area contributed by atoms with E-state index in [1.54, 1.807) is 24.3 Å². The molecule has 0 spiro atoms. The second-order valence-electron chi connectivity index (χ2n) is 7.94. The molecule has 0 saturated carbocycles. The fraction of sp³-hybridized carbons (Fsp3) is 0.650. The molecule has 1 fully saturated rings. The van der Waals surface area contributed by atoms with Crippen LogP contribution >= 0.6 is 12.4 Å². The lowest BCUT2D eigenvalue weighted by atomic mass is 9.95. The van der Waals surface area contributed by atoms with Gasteiger partial charge in [-0.05, 0) is 63.7 Å². The van der Waals surface area contributed by atoms with Gasteiger partial charge in [-0.1, -0.05) is 31.5 Å². The third kappa shape index (κ3) is 7.03. The summed E-state index contributed by atoms with van der Waals surface area (Å²) in [6.45, 7) is 8.24. The number of carbonyl (C=O) groups is 1. The Hall–Kier alpha value is -1.15. The highest BCUT2D eigenvalue weighted by molar-refractivity contribution is 7.89. The van der Waals surface area contributed by atoms with E-state index in [1.165, 1.54) is 0 Å². The van der Waals surface area contributed by atoms with E-state index in [9.17, 15) is 13.2 Å². The fourth-order valence-electron chi connectivity index (χ4n) is 3.51. The van der Waals surface area contributed by atoms with Crippen molar-refractivity contribution in [2.24, 2.45) is 11.8 Å². The Morgan fingerprint density at radius 3 is 2.25 bits per heavy atom. The first-order chi connectivity index (χ1) is 12.7. The lowest BCUT2D eigenvalue weighted by molar-refractivity contribution is -0.134. The van der Waals surface area contributed by atoms with Crippen LogP contribution in [0.4, 0.5) is 0 Å². The van der Waals surface area contributed by atoms with E-state index in [1.807, 2.05) is 32.7 Å². The highest BCUT2D eigenvalue weighted by atomic mass is 35.5. The molecule has 6 nitrogen and oxygen atoms in total. The summed E-state index contributed by atoms with van der Waals surface area (Å²) in [5, 5.41) is 3.19. The first kappa shape index (κ1) is 24.9. The van der Waals surface area contributed by atoms with Crippen LogP contribution in [0.2, 0.25) is 0 Å². The second kappa shape index (κ2) is 11.1. The number of piperidine rings is 1. The van der Waals surface area contributed by atoms with Gasteiger partial charge in [0.2, 0.25) is 15.9 Å². The molecule has 0 bridgehead atoms. The molecule has 1 saturated heterocycles. The Bertz CT molecular complexity index is 715. The summed E-state index contributed by atoms with van der Waals surface area (Å²) in [5.74, 6) is 0.677. The summed E-state index contributed by atoms with van der Waals surface area (Å²) in [7, 11) is -1.79. The molecule has 0 aromatic heterocycles. The number of hydrogen-bond donors (Lipinski definition) is 2. The normalized spacial score (nSPS) is 16.7. The number of benzene rings is 1. The number of hydrogen-bond acceptors (Lipinski definition) is 4. The van der Waals surface area contributed by atoms with Crippen LogP contribution in [0.3, 0.4) is 0 Å². The van der Waals surface area contributed by atoms with E-state index < -0.39 is 16.1 Å². The Morgan fingerprint density at radius 2 is 1.75 bits per heavy atom. The lowest BCUT2D eigenvalue weighted by Crippen LogP contribution is -2.51. The smallest absolute Gasteiger partial charge is 0.241 e. The predicted molar refractivity (Wildman–Crippen MR) is 115 cm³/mol. The Kier molecular flexibility index (Phi) is 9.90. The summed E-state index contributed by atoms with van der Waals surface area (Å²) in [5.41, 5.74) is 0.994. The van der Waals surface area contributed by atoms with Crippen molar-refractivity contribution in [1.29, 1.82) is 0 Å². The average Bonchev–Trinajstić information content (AvgIpc) is 2.61. The maximum Gasteiger partial charge on any atom is 0.241 e. The minimum atomic E-state index is -3.73. The molecule has 1 aromatic rings. The van der Waals surface area contributed by atoms with Gasteiger partial charge in [0.1, 0.15) is 6.04 Å². The molecule has 0 aliphatic carbocycles. The van der Waals surface area contributed by atoms with Gasteiger partial charge in [-0.15, -0.1) is 12.4 Å². The van der Waals surface area contributed by atoms with Crippen LogP contribution in [0.1, 0.15) is 38.7 Å². The third-order valence-corrected chi connectivity index (χ3v) is 6.54. The quantitative estimate of drug-likeness (QED) is 0.663. The fourth-order valence-corrected chi connectivity index (χ4v) is 4.71. The van der Waals surface area contributed by atoms with Crippen molar-refractivity contribution < 1.29 is 13.2 Å². The van der Waals surface area contributed by atoms with Crippen LogP contribution < -0.4 is 10.0 Å². The van der Waals surface area contributed by atoms with E-state index in [0.717, 1.165) is 24.9 Å². The zero-order chi connectivity index (χ0) is 20.0. The van der Waals surface area contributed by atoms with Crippen LogP contribution in [-0.4, -0.2) is 51.9 Å². The van der Waals surface area contributed by atoms with Crippen LogP contribution in [0.5, 0.6) is 0 Å². The summed E-state index contributed by atoms with van der Waals surface area (Å²) >= 11 is 0. The topological polar surface area (TPSA) is 78.5 Å². The number of carbonyl (C=O) groups excluding carboxylic acids is 1. The van der Waals surface area contributed by atoms with Gasteiger partial charge in [-0.2, -0.15) is 4.72 Å². The zero-order valence-electron chi connectivity index (χ0n) is 17.3. The van der Waals surface area contributed by atoms with Crippen molar-refractivity contribution in [3.05, 3.63) is 29.8 Å². The maximum absolute atomic E-state index is 13.0. The van der Waals surface area contributed by atoms with Crippen molar-refractivity contribution >= 4 is 28.3 Å². The highest BCUT2D eigenvalue weighted by Crippen LogP contribution is 2.20. The number of aryl methyl sites for hydroxylation is 1. The Morgan fingerprint density at radius 1 is 1.18 bits per heavy atom. The summed E-state index contributed by atoms with van der Waals surface area (Å²) < 4.78 is 28.2. The minimum Gasteiger partial charge on any atom is -0.341 e. The van der Waals surface area contributed by atoms with Crippen LogP contribution in [0.25, 0.3) is 0 Å². The summed E-state index contributed by atoms with van der Waals surface area (Å²) in [6.07, 6.45) is 2.39. The summed E-state index contributed by atoms with van der Waals surface area (Å²) in [6, 6.07) is 5.97. The molecule has 1 unspecified atom stereocenters. The zero-order valence-corrected chi connectivity index (χ0v) is 18.9. The molecule has 160 valence electrons. The molecule has 1 amide bonds. The monoisotopic (exact) mass is 431 g/mol. The van der Waals surface area contributed by atoms with E-state index in [-0.39, 0.29) is 29.1 Å². The molecule has 1 aliphatic heterocycles. The summed E-state index contributed by atoms with van der Waals surface area (Å²) in [4.78, 5) is 15.1. The molecular weight excluding hydrogens is 398 g/mol. The minimum absolute atomic E-state index is 0. The second-order valence-corrected chi connectivity index (χ2v) is 9.66. The number of sulfonamides is 1. The van der Waals surface area contributed by atoms with E-state index in [0.29, 0.717) is 25.4 Å². The number of nitrogens with one attached hydrogen (secondary N) is 2.